The molecule has 0 aliphatic heterocycles. The molecule has 0 aliphatic carbocycles. The number of hydrogen-bond acceptors (Lipinski definition) is 2. The van der Waals surface area contributed by atoms with Crippen LogP contribution in [0.2, 0.25) is 0 Å². The molecule has 2 rings (SSSR count). The van der Waals surface area contributed by atoms with Gasteiger partial charge in [-0.3, -0.25) is 0 Å². The summed E-state index contributed by atoms with van der Waals surface area (Å²) in [7, 11) is 0. The first kappa shape index (κ1) is 14.9. The van der Waals surface area contributed by atoms with Crippen molar-refractivity contribution in [3.8, 4) is 0 Å². The second-order valence-electron chi connectivity index (χ2n) is 3.90. The minimum absolute atomic E-state index is 0.00397. The Hall–Kier alpha value is -1.50. The average Bonchev–Trinajstić information content (AvgIpc) is 2.46. The van der Waals surface area contributed by atoms with E-state index in [0.717, 1.165) is 0 Å². The third-order valence-electron chi connectivity index (χ3n) is 2.51. The normalized spacial score (nSPS) is 10.6. The molecule has 0 spiro atoms. The average molecular weight is 392 g/mol. The summed E-state index contributed by atoms with van der Waals surface area (Å²) in [6.07, 6.45) is 0. The summed E-state index contributed by atoms with van der Waals surface area (Å²) in [6.45, 7) is 0. The Morgan fingerprint density at radius 2 is 0.950 bits per heavy atom. The molecule has 0 amide bonds. The van der Waals surface area contributed by atoms with Crippen LogP contribution in [-0.4, -0.2) is 48.4 Å². The Morgan fingerprint density at radius 3 is 1.20 bits per heavy atom. The Labute approximate surface area is 126 Å². The molecular formula is C14H10As2O4. The van der Waals surface area contributed by atoms with E-state index in [0.29, 0.717) is 11.1 Å². The zero-order valence-corrected chi connectivity index (χ0v) is 14.0. The van der Waals surface area contributed by atoms with Gasteiger partial charge in [0.2, 0.25) is 0 Å². The van der Waals surface area contributed by atoms with Gasteiger partial charge in [-0.2, -0.15) is 0 Å². The number of carboxylic acid groups (broad SMARTS) is 2. The van der Waals surface area contributed by atoms with Gasteiger partial charge in [-0.05, 0) is 0 Å². The molecule has 0 fully saturated rings. The van der Waals surface area contributed by atoms with Gasteiger partial charge in [-0.25, -0.2) is 0 Å². The van der Waals surface area contributed by atoms with Crippen LogP contribution in [0.5, 0.6) is 0 Å². The van der Waals surface area contributed by atoms with Gasteiger partial charge in [0, 0.05) is 0 Å². The molecule has 2 N–H and O–H groups in total. The van der Waals surface area contributed by atoms with Crippen LogP contribution < -0.4 is 8.70 Å². The van der Waals surface area contributed by atoms with E-state index >= 15 is 0 Å². The number of benzene rings is 2. The second kappa shape index (κ2) is 6.78. The van der Waals surface area contributed by atoms with Crippen molar-refractivity contribution in [2.24, 2.45) is 0 Å². The first-order valence-corrected chi connectivity index (χ1v) is 12.7. The first-order chi connectivity index (χ1) is 9.56. The molecule has 0 bridgehead atoms. The van der Waals surface area contributed by atoms with E-state index in [1.165, 1.54) is 8.70 Å². The second-order valence-corrected chi connectivity index (χ2v) is 11.3. The summed E-state index contributed by atoms with van der Waals surface area (Å²) < 4.78 is 2.38. The van der Waals surface area contributed by atoms with E-state index in [4.69, 9.17) is 10.2 Å². The number of carbonyl (C=O) groups is 2. The topological polar surface area (TPSA) is 74.6 Å². The van der Waals surface area contributed by atoms with Crippen molar-refractivity contribution >= 4 is 46.9 Å². The molecule has 0 heterocycles. The van der Waals surface area contributed by atoms with Crippen LogP contribution in [-0.2, 0) is 0 Å². The van der Waals surface area contributed by atoms with Gasteiger partial charge < -0.3 is 0 Å². The quantitative estimate of drug-likeness (QED) is 0.738. The van der Waals surface area contributed by atoms with Crippen LogP contribution in [0, 0.1) is 0 Å². The van der Waals surface area contributed by atoms with Crippen molar-refractivity contribution in [2.45, 2.75) is 0 Å². The molecule has 2 aromatic rings. The molecule has 0 saturated heterocycles. The first-order valence-electron chi connectivity index (χ1n) is 5.65. The fraction of sp³-hybridized carbons (Fsp3) is 0. The molecule has 6 heteroatoms. The standard InChI is InChI=1S/C14H10As2O4/c17-13(18)9-1-5-11(6-2-9)15-16-12-7-3-10(4-8-12)14(19)20/h1-8H,(H,17,18)(H,19,20). The van der Waals surface area contributed by atoms with Gasteiger partial charge in [-0.1, -0.05) is 0 Å². The summed E-state index contributed by atoms with van der Waals surface area (Å²) in [5.74, 6) is -1.82. The van der Waals surface area contributed by atoms with Gasteiger partial charge in [0.15, 0.2) is 0 Å². The van der Waals surface area contributed by atoms with Crippen molar-refractivity contribution in [1.82, 2.24) is 0 Å². The Kier molecular flexibility index (Phi) is 5.05. The maximum atomic E-state index is 10.7. The molecule has 0 saturated carbocycles. The van der Waals surface area contributed by atoms with Crippen LogP contribution >= 0.6 is 0 Å². The number of carboxylic acids is 2. The SMILES string of the molecule is O=C(O)c1ccc([As]=[As]c2ccc(C(=O)O)cc2)cc1. The van der Waals surface area contributed by atoms with Crippen molar-refractivity contribution in [2.75, 3.05) is 0 Å². The Morgan fingerprint density at radius 1 is 0.650 bits per heavy atom. The molecule has 2 aromatic carbocycles. The van der Waals surface area contributed by atoms with Crippen LogP contribution in [0.1, 0.15) is 20.7 Å². The predicted molar refractivity (Wildman–Crippen MR) is 77.6 cm³/mol. The third kappa shape index (κ3) is 3.99. The van der Waals surface area contributed by atoms with Crippen LogP contribution in [0.3, 0.4) is 0 Å². The third-order valence-corrected chi connectivity index (χ3v) is 11.1. The zero-order chi connectivity index (χ0) is 14.5. The summed E-state index contributed by atoms with van der Waals surface area (Å²) in [4.78, 5) is 21.5. The van der Waals surface area contributed by atoms with E-state index in [-0.39, 0.29) is 26.3 Å². The number of aromatic carboxylic acids is 2. The molecule has 0 aliphatic rings. The molecule has 0 atom stereocenters. The number of rotatable bonds is 4. The maximum absolute atomic E-state index is 10.7. The Balaban J connectivity index is 2.12. The summed E-state index contributed by atoms with van der Waals surface area (Å²) >= 11 is -0.00793. The summed E-state index contributed by atoms with van der Waals surface area (Å²) in [6, 6.07) is 14.0. The monoisotopic (exact) mass is 392 g/mol. The molecule has 20 heavy (non-hydrogen) atoms. The zero-order valence-electron chi connectivity index (χ0n) is 10.2. The van der Waals surface area contributed by atoms with Gasteiger partial charge in [0.25, 0.3) is 0 Å². The number of hydrogen-bond donors (Lipinski definition) is 2. The van der Waals surface area contributed by atoms with Gasteiger partial charge in [0.05, 0.1) is 0 Å². The molecule has 100 valence electrons. The van der Waals surface area contributed by atoms with E-state index in [1.807, 2.05) is 24.3 Å². The van der Waals surface area contributed by atoms with Crippen LogP contribution in [0.4, 0.5) is 0 Å². The fourth-order valence-corrected chi connectivity index (χ4v) is 8.55. The minimum atomic E-state index is -0.912. The predicted octanol–water partition coefficient (Wildman–Crippen LogP) is 0.357. The van der Waals surface area contributed by atoms with Crippen LogP contribution in [0.25, 0.3) is 0 Å². The Bertz CT molecular complexity index is 601. The molecule has 0 radical (unpaired) electrons. The fourth-order valence-electron chi connectivity index (χ4n) is 1.46. The molecular weight excluding hydrogens is 382 g/mol. The van der Waals surface area contributed by atoms with Crippen molar-refractivity contribution in [3.05, 3.63) is 59.7 Å². The van der Waals surface area contributed by atoms with Gasteiger partial charge in [0.1, 0.15) is 0 Å². The van der Waals surface area contributed by atoms with E-state index in [1.54, 1.807) is 24.3 Å². The van der Waals surface area contributed by atoms with Crippen molar-refractivity contribution in [1.29, 1.82) is 0 Å². The molecule has 4 nitrogen and oxygen atoms in total. The van der Waals surface area contributed by atoms with E-state index < -0.39 is 11.9 Å². The van der Waals surface area contributed by atoms with E-state index in [2.05, 4.69) is 0 Å². The van der Waals surface area contributed by atoms with Gasteiger partial charge >= 0.3 is 126 Å². The van der Waals surface area contributed by atoms with E-state index in [9.17, 15) is 9.59 Å². The molecule has 0 aromatic heterocycles. The molecule has 0 unspecified atom stereocenters. The summed E-state index contributed by atoms with van der Waals surface area (Å²) in [5, 5.41) is 17.6. The van der Waals surface area contributed by atoms with Crippen molar-refractivity contribution < 1.29 is 19.8 Å². The van der Waals surface area contributed by atoms with Crippen molar-refractivity contribution in [3.63, 3.8) is 0 Å². The van der Waals surface area contributed by atoms with Crippen LogP contribution in [0.15, 0.2) is 48.5 Å². The van der Waals surface area contributed by atoms with Gasteiger partial charge in [-0.15, -0.1) is 0 Å². The summed E-state index contributed by atoms with van der Waals surface area (Å²) in [5.41, 5.74) is 0.606.